The number of carboxylic acid groups (broad SMARTS) is 2. The van der Waals surface area contributed by atoms with Crippen molar-refractivity contribution in [1.29, 1.82) is 0 Å². The second-order valence-corrected chi connectivity index (χ2v) is 8.32. The van der Waals surface area contributed by atoms with E-state index in [0.29, 0.717) is 16.9 Å². The van der Waals surface area contributed by atoms with E-state index in [4.69, 9.17) is 21.7 Å². The maximum absolute atomic E-state index is 12.3. The largest absolute Gasteiger partial charge is 0.481 e. The van der Waals surface area contributed by atoms with Crippen molar-refractivity contribution < 1.29 is 29.4 Å². The topological polar surface area (TPSA) is 269 Å². The molecule has 0 aliphatic carbocycles. The first-order valence-electron chi connectivity index (χ1n) is 11.8. The van der Waals surface area contributed by atoms with E-state index in [1.807, 2.05) is 0 Å². The van der Waals surface area contributed by atoms with Crippen molar-refractivity contribution >= 4 is 46.6 Å². The summed E-state index contributed by atoms with van der Waals surface area (Å²) >= 11 is 0. The first kappa shape index (κ1) is 29.6. The Morgan fingerprint density at radius 2 is 1.73 bits per heavy atom. The molecule has 1 aromatic carbocycles. The number of carboxylic acids is 2. The van der Waals surface area contributed by atoms with Gasteiger partial charge in [0.25, 0.3) is 11.5 Å². The van der Waals surface area contributed by atoms with Gasteiger partial charge in [0.2, 0.25) is 11.9 Å². The van der Waals surface area contributed by atoms with Gasteiger partial charge in [-0.05, 0) is 42.8 Å². The molecule has 3 aromatic heterocycles. The van der Waals surface area contributed by atoms with Gasteiger partial charge in [-0.15, -0.1) is 0 Å². The average Bonchev–Trinajstić information content (AvgIpc) is 2.95. The zero-order valence-electron chi connectivity index (χ0n) is 21.3. The molecule has 1 unspecified atom stereocenters. The van der Waals surface area contributed by atoms with Gasteiger partial charge in [0.1, 0.15) is 6.04 Å². The van der Waals surface area contributed by atoms with Crippen LogP contribution in [0.1, 0.15) is 39.3 Å². The number of aromatic amines is 1. The number of nitrogen functional groups attached to an aromatic ring is 1. The van der Waals surface area contributed by atoms with Gasteiger partial charge in [-0.3, -0.25) is 29.1 Å². The maximum Gasteiger partial charge on any atom is 0.326 e. The number of rotatable bonds is 10. The maximum atomic E-state index is 12.3. The van der Waals surface area contributed by atoms with Crippen LogP contribution in [-0.2, 0) is 16.1 Å². The smallest absolute Gasteiger partial charge is 0.326 e. The highest BCUT2D eigenvalue weighted by molar-refractivity contribution is 5.97. The Bertz CT molecular complexity index is 1610. The standard InChI is InChI=1S/C19H19N7O6.C6H6N2O/c20-19-25-15-14(17(30)26-19)23-11(8-22-15)7-21-10-3-1-9(2-4-10)16(29)24-12(18(31)32)5-6-13(27)28;7-6(9)5-2-1-3-8-4-5/h1-4,8,12,21H,5-7H2,(H,24,29)(H,27,28)(H,31,32)(H3,20,22,25,26,30);1-4H,(H2,7,9). The Morgan fingerprint density at radius 3 is 2.32 bits per heavy atom. The van der Waals surface area contributed by atoms with E-state index < -0.39 is 35.4 Å². The molecule has 4 rings (SSSR count). The summed E-state index contributed by atoms with van der Waals surface area (Å²) in [5.41, 5.74) is 11.8. The van der Waals surface area contributed by atoms with Gasteiger partial charge >= 0.3 is 11.9 Å². The third-order valence-electron chi connectivity index (χ3n) is 5.30. The Morgan fingerprint density at radius 1 is 1.00 bits per heavy atom. The molecule has 1 atom stereocenters. The fourth-order valence-corrected chi connectivity index (χ4v) is 3.26. The van der Waals surface area contributed by atoms with Crippen LogP contribution < -0.4 is 27.7 Å². The van der Waals surface area contributed by atoms with E-state index in [9.17, 15) is 24.0 Å². The van der Waals surface area contributed by atoms with E-state index in [0.717, 1.165) is 0 Å². The molecule has 3 heterocycles. The SMILES string of the molecule is NC(=O)c1cccnc1.Nc1nc2ncc(CNc3ccc(C(=O)NC(CCC(=O)O)C(=O)O)cc3)nc2c(=O)[nH]1. The van der Waals surface area contributed by atoms with E-state index in [1.54, 1.807) is 30.5 Å². The highest BCUT2D eigenvalue weighted by Gasteiger charge is 2.21. The van der Waals surface area contributed by atoms with Gasteiger partial charge in [-0.2, -0.15) is 4.98 Å². The second kappa shape index (κ2) is 13.7. The van der Waals surface area contributed by atoms with Crippen molar-refractivity contribution in [1.82, 2.24) is 30.2 Å². The Labute approximate surface area is 230 Å². The van der Waals surface area contributed by atoms with Crippen molar-refractivity contribution in [3.63, 3.8) is 0 Å². The van der Waals surface area contributed by atoms with Crippen LogP contribution in [0, 0.1) is 0 Å². The Balaban J connectivity index is 0.000000436. The molecule has 4 aromatic rings. The minimum atomic E-state index is -1.31. The van der Waals surface area contributed by atoms with E-state index >= 15 is 0 Å². The molecule has 16 heteroatoms. The van der Waals surface area contributed by atoms with Crippen molar-refractivity contribution in [2.24, 2.45) is 5.73 Å². The minimum Gasteiger partial charge on any atom is -0.481 e. The fourth-order valence-electron chi connectivity index (χ4n) is 3.26. The first-order valence-corrected chi connectivity index (χ1v) is 11.8. The van der Waals surface area contributed by atoms with E-state index in [2.05, 4.69) is 35.6 Å². The summed E-state index contributed by atoms with van der Waals surface area (Å²) in [6.07, 6.45) is 3.86. The molecule has 16 nitrogen and oxygen atoms in total. The molecule has 0 radical (unpaired) electrons. The molecule has 0 saturated carbocycles. The number of hydrogen-bond donors (Lipinski definition) is 7. The molecule has 0 saturated heterocycles. The molecule has 0 aliphatic rings. The van der Waals surface area contributed by atoms with Gasteiger partial charge in [0, 0.05) is 30.1 Å². The number of carbonyl (C=O) groups excluding carboxylic acids is 2. The number of carbonyl (C=O) groups is 4. The molecular weight excluding hydrogens is 538 g/mol. The number of nitrogens with one attached hydrogen (secondary N) is 3. The third kappa shape index (κ3) is 8.81. The number of benzene rings is 1. The molecule has 0 aliphatic heterocycles. The number of nitrogens with zero attached hydrogens (tertiary/aromatic N) is 4. The summed E-state index contributed by atoms with van der Waals surface area (Å²) in [7, 11) is 0. The lowest BCUT2D eigenvalue weighted by Crippen LogP contribution is -2.41. The van der Waals surface area contributed by atoms with Crippen LogP contribution in [0.5, 0.6) is 0 Å². The van der Waals surface area contributed by atoms with Crippen LogP contribution >= 0.6 is 0 Å². The molecule has 0 fully saturated rings. The van der Waals surface area contributed by atoms with Crippen LogP contribution in [-0.4, -0.2) is 64.9 Å². The highest BCUT2D eigenvalue weighted by atomic mass is 16.4. The van der Waals surface area contributed by atoms with Crippen molar-refractivity contribution in [2.45, 2.75) is 25.4 Å². The number of fused-ring (bicyclic) bond motifs is 1. The number of aliphatic carboxylic acids is 2. The van der Waals surface area contributed by atoms with Gasteiger partial charge in [-0.25, -0.2) is 14.8 Å². The monoisotopic (exact) mass is 563 g/mol. The zero-order valence-corrected chi connectivity index (χ0v) is 21.3. The van der Waals surface area contributed by atoms with E-state index in [-0.39, 0.29) is 42.1 Å². The summed E-state index contributed by atoms with van der Waals surface area (Å²) in [4.78, 5) is 74.6. The summed E-state index contributed by atoms with van der Waals surface area (Å²) in [5.74, 6) is -3.60. The van der Waals surface area contributed by atoms with Crippen LogP contribution in [0.15, 0.2) is 59.8 Å². The fraction of sp³-hybridized carbons (Fsp3) is 0.160. The van der Waals surface area contributed by atoms with Gasteiger partial charge in [0.05, 0.1) is 24.0 Å². The number of primary amides is 1. The normalized spacial score (nSPS) is 11.0. The number of pyridine rings is 1. The molecule has 212 valence electrons. The van der Waals surface area contributed by atoms with Crippen LogP contribution in [0.2, 0.25) is 0 Å². The molecule has 2 amide bonds. The minimum absolute atomic E-state index is 0.0524. The molecule has 0 spiro atoms. The number of H-pyrrole nitrogens is 1. The summed E-state index contributed by atoms with van der Waals surface area (Å²) in [6, 6.07) is 8.15. The lowest BCUT2D eigenvalue weighted by molar-refractivity contribution is -0.140. The molecule has 9 N–H and O–H groups in total. The number of hydrogen-bond acceptors (Lipinski definition) is 11. The van der Waals surface area contributed by atoms with E-state index in [1.165, 1.54) is 24.5 Å². The van der Waals surface area contributed by atoms with Crippen molar-refractivity contribution in [3.05, 3.63) is 82.2 Å². The molecule has 41 heavy (non-hydrogen) atoms. The van der Waals surface area contributed by atoms with Gasteiger partial charge < -0.3 is 32.3 Å². The number of anilines is 2. The molecular formula is C25H25N9O7. The van der Waals surface area contributed by atoms with Crippen LogP contribution in [0.4, 0.5) is 11.6 Å². The predicted molar refractivity (Wildman–Crippen MR) is 145 cm³/mol. The van der Waals surface area contributed by atoms with Crippen LogP contribution in [0.3, 0.4) is 0 Å². The lowest BCUT2D eigenvalue weighted by Gasteiger charge is -2.14. The summed E-state index contributed by atoms with van der Waals surface area (Å²) in [5, 5.41) is 23.2. The highest BCUT2D eigenvalue weighted by Crippen LogP contribution is 2.12. The first-order chi connectivity index (χ1) is 19.5. The summed E-state index contributed by atoms with van der Waals surface area (Å²) < 4.78 is 0. The van der Waals surface area contributed by atoms with Crippen molar-refractivity contribution in [2.75, 3.05) is 11.1 Å². The summed E-state index contributed by atoms with van der Waals surface area (Å²) in [6.45, 7) is 0.231. The number of aromatic nitrogens is 5. The number of nitrogens with two attached hydrogens (primary N) is 2. The quantitative estimate of drug-likeness (QED) is 0.135. The van der Waals surface area contributed by atoms with Gasteiger partial charge in [0.15, 0.2) is 11.2 Å². The average molecular weight is 564 g/mol. The Kier molecular flexibility index (Phi) is 9.93. The molecule has 0 bridgehead atoms. The predicted octanol–water partition coefficient (Wildman–Crippen LogP) is 0.136. The zero-order chi connectivity index (χ0) is 29.9. The second-order valence-electron chi connectivity index (χ2n) is 8.32. The Hall–Kier alpha value is -5.93. The van der Waals surface area contributed by atoms with Gasteiger partial charge in [-0.1, -0.05) is 0 Å². The van der Waals surface area contributed by atoms with Crippen LogP contribution in [0.25, 0.3) is 11.2 Å². The van der Waals surface area contributed by atoms with Crippen molar-refractivity contribution in [3.8, 4) is 0 Å². The third-order valence-corrected chi connectivity index (χ3v) is 5.30. The number of amides is 2. The lowest BCUT2D eigenvalue weighted by atomic mass is 10.1.